The lowest BCUT2D eigenvalue weighted by molar-refractivity contribution is 0.469. The van der Waals surface area contributed by atoms with Crippen LogP contribution in [0.15, 0.2) is 119 Å². The molecule has 6 heteroatoms. The maximum Gasteiger partial charge on any atom is 0.125 e. The lowest BCUT2D eigenvalue weighted by Crippen LogP contribution is -1.87. The molecule has 4 aromatic carbocycles. The van der Waals surface area contributed by atoms with Crippen LogP contribution in [-0.2, 0) is 0 Å². The molecule has 0 amide bonds. The van der Waals surface area contributed by atoms with E-state index in [-0.39, 0.29) is 11.5 Å². The summed E-state index contributed by atoms with van der Waals surface area (Å²) in [4.78, 5) is 17.9. The first-order chi connectivity index (χ1) is 18.7. The number of fused-ring (bicyclic) bond motifs is 2. The zero-order valence-corrected chi connectivity index (χ0v) is 20.2. The van der Waals surface area contributed by atoms with Crippen molar-refractivity contribution in [1.82, 2.24) is 9.97 Å². The van der Waals surface area contributed by atoms with Gasteiger partial charge in [0, 0.05) is 70.0 Å². The fourth-order valence-electron chi connectivity index (χ4n) is 4.41. The molecular weight excluding hydrogens is 472 g/mol. The molecule has 0 bridgehead atoms. The van der Waals surface area contributed by atoms with Gasteiger partial charge in [-0.05, 0) is 36.4 Å². The third-order valence-corrected chi connectivity index (χ3v) is 6.29. The number of phenolic OH excluding ortho intramolecular Hbond substituents is 2. The number of aromatic nitrogens is 2. The van der Waals surface area contributed by atoms with Gasteiger partial charge in [0.25, 0.3) is 0 Å². The first-order valence-corrected chi connectivity index (χ1v) is 12.1. The Balaban J connectivity index is 1.24. The predicted molar refractivity (Wildman–Crippen MR) is 153 cm³/mol. The van der Waals surface area contributed by atoms with Gasteiger partial charge in [0.1, 0.15) is 11.5 Å². The second-order valence-electron chi connectivity index (χ2n) is 8.76. The van der Waals surface area contributed by atoms with Gasteiger partial charge in [-0.2, -0.15) is 0 Å². The van der Waals surface area contributed by atoms with Crippen LogP contribution in [0.3, 0.4) is 0 Å². The van der Waals surface area contributed by atoms with Crippen LogP contribution in [0, 0.1) is 0 Å². The molecule has 0 aliphatic carbocycles. The summed E-state index contributed by atoms with van der Waals surface area (Å²) in [5, 5.41) is 23.5. The molecule has 0 saturated heterocycles. The molecular formula is C32H22N4O2. The molecule has 0 fully saturated rings. The molecule has 0 aliphatic rings. The number of rotatable bonds is 5. The van der Waals surface area contributed by atoms with Gasteiger partial charge < -0.3 is 10.2 Å². The summed E-state index contributed by atoms with van der Waals surface area (Å²) >= 11 is 0. The second kappa shape index (κ2) is 9.95. The quantitative estimate of drug-likeness (QED) is 0.245. The van der Waals surface area contributed by atoms with Crippen LogP contribution in [-0.4, -0.2) is 32.6 Å². The molecule has 38 heavy (non-hydrogen) atoms. The smallest absolute Gasteiger partial charge is 0.125 e. The maximum atomic E-state index is 10.7. The van der Waals surface area contributed by atoms with Gasteiger partial charge in [-0.15, -0.1) is 0 Å². The summed E-state index contributed by atoms with van der Waals surface area (Å²) in [6.45, 7) is 0. The highest BCUT2D eigenvalue weighted by Crippen LogP contribution is 2.39. The molecule has 2 aromatic heterocycles. The number of para-hydroxylation sites is 2. The largest absolute Gasteiger partial charge is 0.507 e. The van der Waals surface area contributed by atoms with E-state index in [4.69, 9.17) is 0 Å². The molecule has 0 radical (unpaired) electrons. The van der Waals surface area contributed by atoms with E-state index in [1.54, 1.807) is 61.2 Å². The van der Waals surface area contributed by atoms with E-state index >= 15 is 0 Å². The standard InChI is InChI=1S/C32H22N4O2/c37-29-17-25(35-19-23-7-1-5-21-9-3-15-33-31(21)23)11-13-27(29)28-14-12-26(18-30(28)38)36-20-24-8-2-6-22-10-4-16-34-32(22)24/h1-20,37-38H. The summed E-state index contributed by atoms with van der Waals surface area (Å²) < 4.78 is 0. The number of phenols is 2. The van der Waals surface area contributed by atoms with E-state index in [9.17, 15) is 10.2 Å². The summed E-state index contributed by atoms with van der Waals surface area (Å²) in [7, 11) is 0. The highest BCUT2D eigenvalue weighted by atomic mass is 16.3. The number of aromatic hydroxyl groups is 2. The highest BCUT2D eigenvalue weighted by molar-refractivity contribution is 5.99. The van der Waals surface area contributed by atoms with Crippen molar-refractivity contribution in [2.75, 3.05) is 0 Å². The Morgan fingerprint density at radius 1 is 0.526 bits per heavy atom. The van der Waals surface area contributed by atoms with Gasteiger partial charge in [-0.25, -0.2) is 0 Å². The van der Waals surface area contributed by atoms with Gasteiger partial charge >= 0.3 is 0 Å². The molecule has 0 saturated carbocycles. The van der Waals surface area contributed by atoms with Crippen molar-refractivity contribution in [1.29, 1.82) is 0 Å². The van der Waals surface area contributed by atoms with Gasteiger partial charge in [0.2, 0.25) is 0 Å². The molecule has 6 nitrogen and oxygen atoms in total. The second-order valence-corrected chi connectivity index (χ2v) is 8.76. The topological polar surface area (TPSA) is 91.0 Å². The molecule has 0 unspecified atom stereocenters. The normalized spacial score (nSPS) is 11.7. The molecule has 2 N–H and O–H groups in total. The predicted octanol–water partition coefficient (Wildman–Crippen LogP) is 7.36. The lowest BCUT2D eigenvalue weighted by Gasteiger charge is -2.09. The van der Waals surface area contributed by atoms with Gasteiger partial charge in [-0.1, -0.05) is 48.5 Å². The molecule has 0 atom stereocenters. The third-order valence-electron chi connectivity index (χ3n) is 6.29. The Morgan fingerprint density at radius 2 is 0.974 bits per heavy atom. The first kappa shape index (κ1) is 23.1. The van der Waals surface area contributed by atoms with Gasteiger partial charge in [0.05, 0.1) is 22.4 Å². The molecule has 0 aliphatic heterocycles. The van der Waals surface area contributed by atoms with Crippen LogP contribution in [0.25, 0.3) is 32.9 Å². The molecule has 6 aromatic rings. The van der Waals surface area contributed by atoms with Gasteiger partial charge in [-0.3, -0.25) is 20.0 Å². The van der Waals surface area contributed by atoms with E-state index in [0.717, 1.165) is 32.9 Å². The summed E-state index contributed by atoms with van der Waals surface area (Å²) in [5.41, 5.74) is 5.68. The van der Waals surface area contributed by atoms with Crippen LogP contribution in [0.2, 0.25) is 0 Å². The summed E-state index contributed by atoms with van der Waals surface area (Å²) in [5.74, 6) is 0.0353. The van der Waals surface area contributed by atoms with Crippen LogP contribution in [0.1, 0.15) is 11.1 Å². The Kier molecular flexibility index (Phi) is 6.04. The number of pyridine rings is 2. The van der Waals surface area contributed by atoms with Crippen molar-refractivity contribution < 1.29 is 10.2 Å². The van der Waals surface area contributed by atoms with Crippen molar-refractivity contribution in [2.45, 2.75) is 0 Å². The van der Waals surface area contributed by atoms with Crippen molar-refractivity contribution in [3.63, 3.8) is 0 Å². The summed E-state index contributed by atoms with van der Waals surface area (Å²) in [6.07, 6.45) is 6.98. The minimum absolute atomic E-state index is 0.0177. The Hall–Kier alpha value is -5.36. The van der Waals surface area contributed by atoms with Crippen molar-refractivity contribution in [3.8, 4) is 22.6 Å². The number of benzene rings is 4. The Bertz CT molecular complexity index is 1710. The molecule has 182 valence electrons. The van der Waals surface area contributed by atoms with Crippen LogP contribution in [0.4, 0.5) is 11.4 Å². The molecule has 0 spiro atoms. The zero-order valence-electron chi connectivity index (χ0n) is 20.2. The highest BCUT2D eigenvalue weighted by Gasteiger charge is 2.11. The van der Waals surface area contributed by atoms with Crippen LogP contribution >= 0.6 is 0 Å². The number of hydrogen-bond acceptors (Lipinski definition) is 6. The lowest BCUT2D eigenvalue weighted by atomic mass is 10.0. The van der Waals surface area contributed by atoms with E-state index in [1.807, 2.05) is 60.7 Å². The molecule has 2 heterocycles. The SMILES string of the molecule is Oc1cc(N=Cc2cccc3cccnc23)ccc1-c1ccc(N=Cc2cccc3cccnc23)cc1O. The van der Waals surface area contributed by atoms with Crippen molar-refractivity contribution in [3.05, 3.63) is 121 Å². The van der Waals surface area contributed by atoms with E-state index < -0.39 is 0 Å². The average molecular weight is 495 g/mol. The fraction of sp³-hybridized carbons (Fsp3) is 0. The number of hydrogen-bond donors (Lipinski definition) is 2. The van der Waals surface area contributed by atoms with Crippen molar-refractivity contribution in [2.24, 2.45) is 9.98 Å². The van der Waals surface area contributed by atoms with Gasteiger partial charge in [0.15, 0.2) is 0 Å². The third kappa shape index (κ3) is 4.58. The van der Waals surface area contributed by atoms with Crippen molar-refractivity contribution >= 4 is 45.6 Å². The number of aliphatic imine (C=N–C) groups is 2. The Morgan fingerprint density at radius 3 is 1.42 bits per heavy atom. The van der Waals surface area contributed by atoms with E-state index in [0.29, 0.717) is 22.5 Å². The van der Waals surface area contributed by atoms with E-state index in [2.05, 4.69) is 20.0 Å². The molecule has 6 rings (SSSR count). The van der Waals surface area contributed by atoms with E-state index in [1.165, 1.54) is 0 Å². The monoisotopic (exact) mass is 494 g/mol. The summed E-state index contributed by atoms with van der Waals surface area (Å²) in [6, 6.07) is 29.8. The Labute approximate surface area is 219 Å². The number of nitrogens with zero attached hydrogens (tertiary/aromatic N) is 4. The minimum Gasteiger partial charge on any atom is -0.507 e. The zero-order chi connectivity index (χ0) is 25.9. The van der Waals surface area contributed by atoms with Crippen LogP contribution < -0.4 is 0 Å². The average Bonchev–Trinajstić information content (AvgIpc) is 2.95. The minimum atomic E-state index is 0.0177. The fourth-order valence-corrected chi connectivity index (χ4v) is 4.41. The van der Waals surface area contributed by atoms with Crippen LogP contribution in [0.5, 0.6) is 11.5 Å². The maximum absolute atomic E-state index is 10.7. The first-order valence-electron chi connectivity index (χ1n) is 12.1.